The number of hydrogen-bond acceptors (Lipinski definition) is 8. The van der Waals surface area contributed by atoms with Crippen LogP contribution in [-0.4, -0.2) is 52.1 Å². The van der Waals surface area contributed by atoms with Crippen molar-refractivity contribution in [3.05, 3.63) is 40.3 Å². The van der Waals surface area contributed by atoms with Crippen molar-refractivity contribution in [2.24, 2.45) is 0 Å². The third-order valence-corrected chi connectivity index (χ3v) is 8.70. The number of thiophene rings is 1. The van der Waals surface area contributed by atoms with E-state index in [-0.39, 0.29) is 17.6 Å². The van der Waals surface area contributed by atoms with Gasteiger partial charge in [0.1, 0.15) is 5.00 Å². The van der Waals surface area contributed by atoms with E-state index in [0.29, 0.717) is 28.9 Å². The van der Waals surface area contributed by atoms with Crippen molar-refractivity contribution in [3.8, 4) is 11.4 Å². The van der Waals surface area contributed by atoms with Gasteiger partial charge in [-0.25, -0.2) is 4.79 Å². The molecule has 10 heteroatoms. The molecule has 0 bridgehead atoms. The number of rotatable bonds is 11. The predicted molar refractivity (Wildman–Crippen MR) is 151 cm³/mol. The van der Waals surface area contributed by atoms with Crippen molar-refractivity contribution in [1.82, 2.24) is 14.8 Å². The lowest BCUT2D eigenvalue weighted by atomic mass is 9.95. The van der Waals surface area contributed by atoms with Crippen LogP contribution in [0.4, 0.5) is 10.7 Å². The van der Waals surface area contributed by atoms with Crippen molar-refractivity contribution >= 4 is 45.7 Å². The molecule has 0 saturated heterocycles. The summed E-state index contributed by atoms with van der Waals surface area (Å²) in [5.74, 6) is 0.424. The van der Waals surface area contributed by atoms with Gasteiger partial charge in [0.2, 0.25) is 5.91 Å². The Kier molecular flexibility index (Phi) is 9.26. The lowest BCUT2D eigenvalue weighted by Crippen LogP contribution is -2.21. The second-order valence-corrected chi connectivity index (χ2v) is 10.8. The molecule has 2 heterocycles. The Morgan fingerprint density at radius 1 is 1.08 bits per heavy atom. The Morgan fingerprint density at radius 2 is 1.81 bits per heavy atom. The molecule has 0 aliphatic heterocycles. The average Bonchev–Trinajstić information content (AvgIpc) is 3.49. The highest BCUT2D eigenvalue weighted by atomic mass is 32.2. The molecule has 0 radical (unpaired) electrons. The first kappa shape index (κ1) is 27.2. The largest absolute Gasteiger partial charge is 0.462 e. The number of esters is 1. The van der Waals surface area contributed by atoms with E-state index in [1.54, 1.807) is 6.92 Å². The molecule has 8 nitrogen and oxygen atoms in total. The summed E-state index contributed by atoms with van der Waals surface area (Å²) in [6.45, 7) is 11.0. The fraction of sp³-hybridized carbons (Fsp3) is 0.481. The highest BCUT2D eigenvalue weighted by Crippen LogP contribution is 2.38. The standard InChI is InChI=1S/C27H35N5O3S2/c1-5-31(6-2)19-15-13-18(14-16-19)24-29-30-27(32(24)7-3)36-17-22(33)28-25-23(26(34)35-8-4)20-11-9-10-12-21(20)37-25/h13-16H,5-12,17H2,1-4H3,(H,28,33). The molecule has 1 aliphatic rings. The maximum absolute atomic E-state index is 12.9. The summed E-state index contributed by atoms with van der Waals surface area (Å²) in [6, 6.07) is 8.36. The highest BCUT2D eigenvalue weighted by Gasteiger charge is 2.27. The molecule has 0 unspecified atom stereocenters. The molecule has 1 N–H and O–H groups in total. The van der Waals surface area contributed by atoms with E-state index in [9.17, 15) is 9.59 Å². The lowest BCUT2D eigenvalue weighted by molar-refractivity contribution is -0.113. The van der Waals surface area contributed by atoms with Gasteiger partial charge >= 0.3 is 5.97 Å². The molecule has 0 atom stereocenters. The number of anilines is 2. The summed E-state index contributed by atoms with van der Waals surface area (Å²) < 4.78 is 7.33. The van der Waals surface area contributed by atoms with Crippen LogP contribution in [-0.2, 0) is 28.9 Å². The zero-order valence-electron chi connectivity index (χ0n) is 22.0. The molecule has 1 amide bonds. The van der Waals surface area contributed by atoms with Gasteiger partial charge in [0.25, 0.3) is 0 Å². The summed E-state index contributed by atoms with van der Waals surface area (Å²) in [4.78, 5) is 29.1. The Morgan fingerprint density at radius 3 is 2.49 bits per heavy atom. The lowest BCUT2D eigenvalue weighted by Gasteiger charge is -2.21. The molecule has 0 fully saturated rings. The van der Waals surface area contributed by atoms with Crippen LogP contribution >= 0.6 is 23.1 Å². The molecule has 1 aliphatic carbocycles. The first-order chi connectivity index (χ1) is 18.0. The third-order valence-electron chi connectivity index (χ3n) is 6.52. The van der Waals surface area contributed by atoms with Crippen LogP contribution in [0.1, 0.15) is 61.3 Å². The Balaban J connectivity index is 1.46. The molecule has 2 aromatic heterocycles. The smallest absolute Gasteiger partial charge is 0.341 e. The zero-order valence-corrected chi connectivity index (χ0v) is 23.6. The minimum Gasteiger partial charge on any atom is -0.462 e. The molecule has 0 saturated carbocycles. The number of ether oxygens (including phenoxy) is 1. The van der Waals surface area contributed by atoms with E-state index in [4.69, 9.17) is 4.74 Å². The van der Waals surface area contributed by atoms with Crippen LogP contribution in [0.5, 0.6) is 0 Å². The minimum atomic E-state index is -0.354. The maximum atomic E-state index is 12.9. The van der Waals surface area contributed by atoms with Crippen LogP contribution < -0.4 is 10.2 Å². The SMILES string of the molecule is CCOC(=O)c1c(NC(=O)CSc2nnc(-c3ccc(N(CC)CC)cc3)n2CC)sc2c1CCCC2. The number of nitrogens with zero attached hydrogens (tertiary/aromatic N) is 4. The highest BCUT2D eigenvalue weighted by molar-refractivity contribution is 7.99. The van der Waals surface area contributed by atoms with Crippen LogP contribution in [0.2, 0.25) is 0 Å². The van der Waals surface area contributed by atoms with Gasteiger partial charge in [-0.15, -0.1) is 21.5 Å². The van der Waals surface area contributed by atoms with Gasteiger partial charge in [0.15, 0.2) is 11.0 Å². The van der Waals surface area contributed by atoms with E-state index >= 15 is 0 Å². The summed E-state index contributed by atoms with van der Waals surface area (Å²) >= 11 is 2.85. The van der Waals surface area contributed by atoms with Crippen LogP contribution in [0.3, 0.4) is 0 Å². The fourth-order valence-corrected chi connectivity index (χ4v) is 6.77. The normalized spacial score (nSPS) is 12.8. The molecule has 3 aromatic rings. The van der Waals surface area contributed by atoms with E-state index in [1.165, 1.54) is 33.7 Å². The van der Waals surface area contributed by atoms with Gasteiger partial charge in [-0.1, -0.05) is 11.8 Å². The average molecular weight is 542 g/mol. The molecule has 37 heavy (non-hydrogen) atoms. The van der Waals surface area contributed by atoms with Crippen molar-refractivity contribution in [1.29, 1.82) is 0 Å². The number of benzene rings is 1. The summed E-state index contributed by atoms with van der Waals surface area (Å²) in [6.07, 6.45) is 3.94. The quantitative estimate of drug-likeness (QED) is 0.247. The topological polar surface area (TPSA) is 89.3 Å². The van der Waals surface area contributed by atoms with Gasteiger partial charge in [-0.3, -0.25) is 4.79 Å². The number of carbonyl (C=O) groups excluding carboxylic acids is 2. The second-order valence-electron chi connectivity index (χ2n) is 8.74. The molecular weight excluding hydrogens is 506 g/mol. The van der Waals surface area contributed by atoms with Crippen molar-refractivity contribution in [3.63, 3.8) is 0 Å². The monoisotopic (exact) mass is 541 g/mol. The van der Waals surface area contributed by atoms with E-state index in [1.807, 2.05) is 11.5 Å². The Hall–Kier alpha value is -2.85. The number of hydrogen-bond donors (Lipinski definition) is 1. The summed E-state index contributed by atoms with van der Waals surface area (Å²) in [5, 5.41) is 13.1. The number of aromatic nitrogens is 3. The molecular formula is C27H35N5O3S2. The number of amides is 1. The van der Waals surface area contributed by atoms with Crippen molar-refractivity contribution < 1.29 is 14.3 Å². The van der Waals surface area contributed by atoms with Crippen LogP contribution in [0.15, 0.2) is 29.4 Å². The number of carbonyl (C=O) groups is 2. The number of aryl methyl sites for hydroxylation is 1. The Labute approximate surface area is 226 Å². The van der Waals surface area contributed by atoms with Crippen LogP contribution in [0.25, 0.3) is 11.4 Å². The first-order valence-corrected chi connectivity index (χ1v) is 14.8. The van der Waals surface area contributed by atoms with Crippen molar-refractivity contribution in [2.75, 3.05) is 35.7 Å². The van der Waals surface area contributed by atoms with E-state index in [2.05, 4.69) is 58.5 Å². The maximum Gasteiger partial charge on any atom is 0.341 e. The van der Waals surface area contributed by atoms with Gasteiger partial charge in [-0.05, 0) is 83.2 Å². The summed E-state index contributed by atoms with van der Waals surface area (Å²) in [7, 11) is 0. The molecule has 198 valence electrons. The first-order valence-electron chi connectivity index (χ1n) is 13.0. The summed E-state index contributed by atoms with van der Waals surface area (Å²) in [5.41, 5.74) is 3.75. The van der Waals surface area contributed by atoms with E-state index < -0.39 is 0 Å². The second kappa shape index (κ2) is 12.6. The van der Waals surface area contributed by atoms with Gasteiger partial charge < -0.3 is 19.5 Å². The fourth-order valence-electron chi connectivity index (χ4n) is 4.67. The van der Waals surface area contributed by atoms with Gasteiger partial charge in [0, 0.05) is 35.8 Å². The van der Waals surface area contributed by atoms with E-state index in [0.717, 1.165) is 55.7 Å². The van der Waals surface area contributed by atoms with Gasteiger partial charge in [0.05, 0.1) is 17.9 Å². The van der Waals surface area contributed by atoms with Crippen molar-refractivity contribution in [2.45, 2.75) is 65.1 Å². The predicted octanol–water partition coefficient (Wildman–Crippen LogP) is 5.66. The molecule has 1 aromatic carbocycles. The third kappa shape index (κ3) is 6.01. The van der Waals surface area contributed by atoms with Crippen LogP contribution in [0, 0.1) is 0 Å². The number of fused-ring (bicyclic) bond motifs is 1. The van der Waals surface area contributed by atoms with Gasteiger partial charge in [-0.2, -0.15) is 0 Å². The number of nitrogens with one attached hydrogen (secondary N) is 1. The number of thioether (sulfide) groups is 1. The Bertz CT molecular complexity index is 1230. The minimum absolute atomic E-state index is 0.170. The molecule has 0 spiro atoms. The zero-order chi connectivity index (χ0) is 26.4. The molecule has 4 rings (SSSR count).